The van der Waals surface area contributed by atoms with Crippen LogP contribution in [-0.4, -0.2) is 46.6 Å². The number of rotatable bonds is 9. The van der Waals surface area contributed by atoms with Crippen LogP contribution in [0.5, 0.6) is 0 Å². The van der Waals surface area contributed by atoms with Crippen LogP contribution in [0.4, 0.5) is 10.1 Å². The van der Waals surface area contributed by atoms with Crippen LogP contribution in [0.2, 0.25) is 0 Å². The fourth-order valence-electron chi connectivity index (χ4n) is 1.55. The normalized spacial score (nSPS) is 12.4. The van der Waals surface area contributed by atoms with Crippen molar-refractivity contribution in [1.29, 1.82) is 0 Å². The van der Waals surface area contributed by atoms with Crippen molar-refractivity contribution >= 4 is 5.69 Å². The van der Waals surface area contributed by atoms with Crippen molar-refractivity contribution < 1.29 is 13.9 Å². The lowest BCUT2D eigenvalue weighted by Gasteiger charge is -2.15. The SMILES string of the molecule is COCC(CNCCNc1cccc(F)c1)OC. The van der Waals surface area contributed by atoms with Crippen molar-refractivity contribution in [3.05, 3.63) is 30.1 Å². The predicted molar refractivity (Wildman–Crippen MR) is 70.4 cm³/mol. The Labute approximate surface area is 107 Å². The van der Waals surface area contributed by atoms with Gasteiger partial charge in [-0.05, 0) is 18.2 Å². The third-order valence-corrected chi connectivity index (χ3v) is 2.51. The van der Waals surface area contributed by atoms with Crippen LogP contribution in [-0.2, 0) is 9.47 Å². The Hall–Kier alpha value is -1.17. The Kier molecular flexibility index (Phi) is 7.32. The van der Waals surface area contributed by atoms with E-state index in [2.05, 4.69) is 10.6 Å². The van der Waals surface area contributed by atoms with Gasteiger partial charge in [0.15, 0.2) is 0 Å². The second kappa shape index (κ2) is 8.85. The fourth-order valence-corrected chi connectivity index (χ4v) is 1.55. The first kappa shape index (κ1) is 14.9. The van der Waals surface area contributed by atoms with Gasteiger partial charge in [-0.2, -0.15) is 0 Å². The zero-order chi connectivity index (χ0) is 13.2. The van der Waals surface area contributed by atoms with E-state index in [-0.39, 0.29) is 11.9 Å². The van der Waals surface area contributed by atoms with E-state index in [1.807, 2.05) is 6.07 Å². The van der Waals surface area contributed by atoms with Gasteiger partial charge >= 0.3 is 0 Å². The molecule has 1 aromatic carbocycles. The van der Waals surface area contributed by atoms with Gasteiger partial charge in [-0.15, -0.1) is 0 Å². The second-order valence-corrected chi connectivity index (χ2v) is 3.95. The monoisotopic (exact) mass is 256 g/mol. The van der Waals surface area contributed by atoms with E-state index in [9.17, 15) is 4.39 Å². The second-order valence-electron chi connectivity index (χ2n) is 3.95. The quantitative estimate of drug-likeness (QED) is 0.657. The van der Waals surface area contributed by atoms with Crippen molar-refractivity contribution in [1.82, 2.24) is 5.32 Å². The maximum atomic E-state index is 12.9. The van der Waals surface area contributed by atoms with Crippen molar-refractivity contribution in [3.8, 4) is 0 Å². The molecule has 0 fully saturated rings. The third kappa shape index (κ3) is 5.95. The molecule has 0 radical (unpaired) electrons. The van der Waals surface area contributed by atoms with Crippen molar-refractivity contribution in [2.24, 2.45) is 0 Å². The van der Waals surface area contributed by atoms with Gasteiger partial charge in [0.25, 0.3) is 0 Å². The zero-order valence-electron chi connectivity index (χ0n) is 10.9. The average Bonchev–Trinajstić information content (AvgIpc) is 2.37. The van der Waals surface area contributed by atoms with E-state index in [0.29, 0.717) is 6.61 Å². The highest BCUT2D eigenvalue weighted by atomic mass is 19.1. The minimum atomic E-state index is -0.229. The Morgan fingerprint density at radius 3 is 2.78 bits per heavy atom. The number of halogens is 1. The highest BCUT2D eigenvalue weighted by Crippen LogP contribution is 2.07. The third-order valence-electron chi connectivity index (χ3n) is 2.51. The first-order chi connectivity index (χ1) is 8.76. The predicted octanol–water partition coefficient (Wildman–Crippen LogP) is 1.49. The molecule has 0 aromatic heterocycles. The summed E-state index contributed by atoms with van der Waals surface area (Å²) in [6.07, 6.45) is 0.0594. The maximum absolute atomic E-state index is 12.9. The van der Waals surface area contributed by atoms with Crippen molar-refractivity contribution in [2.45, 2.75) is 6.10 Å². The first-order valence-electron chi connectivity index (χ1n) is 5.98. The van der Waals surface area contributed by atoms with Gasteiger partial charge in [0, 0.05) is 39.5 Å². The summed E-state index contributed by atoms with van der Waals surface area (Å²) in [5.41, 5.74) is 0.789. The molecular formula is C13H21FN2O2. The molecule has 1 unspecified atom stereocenters. The number of hydrogen-bond acceptors (Lipinski definition) is 4. The van der Waals surface area contributed by atoms with Crippen LogP contribution in [0.3, 0.4) is 0 Å². The summed E-state index contributed by atoms with van der Waals surface area (Å²) in [7, 11) is 3.31. The molecule has 0 aliphatic heterocycles. The number of anilines is 1. The summed E-state index contributed by atoms with van der Waals surface area (Å²) in [6, 6.07) is 6.43. The zero-order valence-corrected chi connectivity index (χ0v) is 10.9. The summed E-state index contributed by atoms with van der Waals surface area (Å²) in [5.74, 6) is -0.229. The van der Waals surface area contributed by atoms with Crippen molar-refractivity contribution in [2.75, 3.05) is 45.8 Å². The standard InChI is InChI=1S/C13H21FN2O2/c1-17-10-13(18-2)9-15-6-7-16-12-5-3-4-11(14)8-12/h3-5,8,13,15-16H,6-7,9-10H2,1-2H3. The summed E-state index contributed by atoms with van der Waals surface area (Å²) < 4.78 is 23.1. The minimum absolute atomic E-state index is 0.0594. The van der Waals surface area contributed by atoms with Gasteiger partial charge in [-0.25, -0.2) is 4.39 Å². The van der Waals surface area contributed by atoms with E-state index in [1.165, 1.54) is 12.1 Å². The lowest BCUT2D eigenvalue weighted by atomic mass is 10.3. The van der Waals surface area contributed by atoms with Gasteiger partial charge in [0.05, 0.1) is 12.7 Å². The van der Waals surface area contributed by atoms with Crippen LogP contribution in [0.25, 0.3) is 0 Å². The van der Waals surface area contributed by atoms with Gasteiger partial charge in [-0.1, -0.05) is 6.07 Å². The molecule has 0 spiro atoms. The molecule has 0 aliphatic carbocycles. The van der Waals surface area contributed by atoms with E-state index >= 15 is 0 Å². The lowest BCUT2D eigenvalue weighted by molar-refractivity contribution is 0.0292. The van der Waals surface area contributed by atoms with Crippen LogP contribution in [0.15, 0.2) is 24.3 Å². The molecule has 0 bridgehead atoms. The molecular weight excluding hydrogens is 235 g/mol. The molecule has 1 aromatic rings. The summed E-state index contributed by atoms with van der Waals surface area (Å²) in [6.45, 7) is 2.81. The fraction of sp³-hybridized carbons (Fsp3) is 0.538. The van der Waals surface area contributed by atoms with Gasteiger partial charge in [0.2, 0.25) is 0 Å². The molecule has 2 N–H and O–H groups in total. The summed E-state index contributed by atoms with van der Waals surface area (Å²) in [5, 5.41) is 6.38. The molecule has 0 saturated carbocycles. The van der Waals surface area contributed by atoms with E-state index < -0.39 is 0 Å². The lowest BCUT2D eigenvalue weighted by Crippen LogP contribution is -2.34. The smallest absolute Gasteiger partial charge is 0.125 e. The Morgan fingerprint density at radius 2 is 2.11 bits per heavy atom. The summed E-state index contributed by atoms with van der Waals surface area (Å²) in [4.78, 5) is 0. The molecule has 0 heterocycles. The Bertz CT molecular complexity index is 337. The van der Waals surface area contributed by atoms with Crippen molar-refractivity contribution in [3.63, 3.8) is 0 Å². The van der Waals surface area contributed by atoms with Crippen LogP contribution in [0.1, 0.15) is 0 Å². The van der Waals surface area contributed by atoms with E-state index in [0.717, 1.165) is 25.3 Å². The number of hydrogen-bond donors (Lipinski definition) is 2. The van der Waals surface area contributed by atoms with Gasteiger partial charge < -0.3 is 20.1 Å². The first-order valence-corrected chi connectivity index (χ1v) is 5.98. The van der Waals surface area contributed by atoms with Gasteiger partial charge in [0.1, 0.15) is 5.82 Å². The largest absolute Gasteiger partial charge is 0.384 e. The van der Waals surface area contributed by atoms with E-state index in [1.54, 1.807) is 20.3 Å². The van der Waals surface area contributed by atoms with E-state index in [4.69, 9.17) is 9.47 Å². The number of methoxy groups -OCH3 is 2. The molecule has 18 heavy (non-hydrogen) atoms. The van der Waals surface area contributed by atoms with Crippen LogP contribution < -0.4 is 10.6 Å². The molecule has 102 valence electrons. The number of nitrogens with one attached hydrogen (secondary N) is 2. The average molecular weight is 256 g/mol. The highest BCUT2D eigenvalue weighted by molar-refractivity contribution is 5.42. The molecule has 0 amide bonds. The molecule has 1 rings (SSSR count). The maximum Gasteiger partial charge on any atom is 0.125 e. The Morgan fingerprint density at radius 1 is 1.28 bits per heavy atom. The van der Waals surface area contributed by atoms with Crippen LogP contribution in [0, 0.1) is 5.82 Å². The number of ether oxygens (including phenoxy) is 2. The molecule has 0 saturated heterocycles. The molecule has 4 nitrogen and oxygen atoms in total. The Balaban J connectivity index is 2.11. The van der Waals surface area contributed by atoms with Crippen LogP contribution >= 0.6 is 0 Å². The molecule has 5 heteroatoms. The number of benzene rings is 1. The van der Waals surface area contributed by atoms with Gasteiger partial charge in [-0.3, -0.25) is 0 Å². The topological polar surface area (TPSA) is 42.5 Å². The minimum Gasteiger partial charge on any atom is -0.384 e. The molecule has 1 atom stereocenters. The molecule has 0 aliphatic rings. The summed E-state index contributed by atoms with van der Waals surface area (Å²) >= 11 is 0. The highest BCUT2D eigenvalue weighted by Gasteiger charge is 2.04.